The van der Waals surface area contributed by atoms with Crippen LogP contribution in [-0.4, -0.2) is 18.8 Å². The fraction of sp³-hybridized carbons (Fsp3) is 0.417. The SMILES string of the molecule is COc1cccc(CC(CO)CC#N)c1. The van der Waals surface area contributed by atoms with Crippen LogP contribution >= 0.6 is 0 Å². The normalized spacial score (nSPS) is 11.8. The molecule has 0 aromatic heterocycles. The van der Waals surface area contributed by atoms with Crippen molar-refractivity contribution in [2.24, 2.45) is 5.92 Å². The number of hydrogen-bond donors (Lipinski definition) is 1. The van der Waals surface area contributed by atoms with Gasteiger partial charge >= 0.3 is 0 Å². The Morgan fingerprint density at radius 3 is 2.93 bits per heavy atom. The van der Waals surface area contributed by atoms with E-state index >= 15 is 0 Å². The molecule has 1 rings (SSSR count). The van der Waals surface area contributed by atoms with Crippen molar-refractivity contribution in [1.29, 1.82) is 5.26 Å². The quantitative estimate of drug-likeness (QED) is 0.796. The van der Waals surface area contributed by atoms with Crippen LogP contribution in [0.1, 0.15) is 12.0 Å². The smallest absolute Gasteiger partial charge is 0.119 e. The monoisotopic (exact) mass is 205 g/mol. The van der Waals surface area contributed by atoms with Gasteiger partial charge in [-0.15, -0.1) is 0 Å². The lowest BCUT2D eigenvalue weighted by Crippen LogP contribution is -2.08. The van der Waals surface area contributed by atoms with Crippen molar-refractivity contribution in [3.8, 4) is 11.8 Å². The number of benzene rings is 1. The van der Waals surface area contributed by atoms with Gasteiger partial charge in [-0.2, -0.15) is 5.26 Å². The standard InChI is InChI=1S/C12H15NO2/c1-15-12-4-2-3-10(8-12)7-11(9-14)5-6-13/h2-4,8,11,14H,5,7,9H2,1H3. The molecule has 1 aromatic carbocycles. The first-order valence-corrected chi connectivity index (χ1v) is 4.91. The van der Waals surface area contributed by atoms with Gasteiger partial charge in [0.2, 0.25) is 0 Å². The number of aliphatic hydroxyl groups is 1. The summed E-state index contributed by atoms with van der Waals surface area (Å²) in [7, 11) is 1.62. The van der Waals surface area contributed by atoms with Crippen LogP contribution in [0.2, 0.25) is 0 Å². The highest BCUT2D eigenvalue weighted by Gasteiger charge is 2.08. The van der Waals surface area contributed by atoms with Crippen LogP contribution < -0.4 is 4.74 Å². The summed E-state index contributed by atoms with van der Waals surface area (Å²) in [4.78, 5) is 0. The van der Waals surface area contributed by atoms with E-state index in [0.717, 1.165) is 11.3 Å². The number of nitriles is 1. The van der Waals surface area contributed by atoms with E-state index in [1.54, 1.807) is 7.11 Å². The number of nitrogens with zero attached hydrogens (tertiary/aromatic N) is 1. The minimum Gasteiger partial charge on any atom is -0.497 e. The second kappa shape index (κ2) is 6.05. The van der Waals surface area contributed by atoms with Gasteiger partial charge in [0, 0.05) is 13.0 Å². The van der Waals surface area contributed by atoms with Gasteiger partial charge in [0.15, 0.2) is 0 Å². The largest absolute Gasteiger partial charge is 0.497 e. The predicted octanol–water partition coefficient (Wildman–Crippen LogP) is 1.76. The molecule has 80 valence electrons. The molecule has 1 unspecified atom stereocenters. The Morgan fingerprint density at radius 1 is 1.53 bits per heavy atom. The Bertz CT molecular complexity index is 344. The zero-order valence-electron chi connectivity index (χ0n) is 8.81. The minimum absolute atomic E-state index is 0.0158. The molecule has 0 spiro atoms. The van der Waals surface area contributed by atoms with Crippen molar-refractivity contribution in [2.45, 2.75) is 12.8 Å². The predicted molar refractivity (Wildman–Crippen MR) is 57.5 cm³/mol. The molecule has 1 N–H and O–H groups in total. The number of rotatable bonds is 5. The second-order valence-corrected chi connectivity index (χ2v) is 3.47. The van der Waals surface area contributed by atoms with Crippen molar-refractivity contribution in [2.75, 3.05) is 13.7 Å². The zero-order chi connectivity index (χ0) is 11.1. The van der Waals surface area contributed by atoms with E-state index < -0.39 is 0 Å². The topological polar surface area (TPSA) is 53.2 Å². The zero-order valence-corrected chi connectivity index (χ0v) is 8.81. The fourth-order valence-electron chi connectivity index (χ4n) is 1.46. The van der Waals surface area contributed by atoms with Crippen molar-refractivity contribution < 1.29 is 9.84 Å². The highest BCUT2D eigenvalue weighted by Crippen LogP contribution is 2.17. The highest BCUT2D eigenvalue weighted by atomic mass is 16.5. The summed E-state index contributed by atoms with van der Waals surface area (Å²) < 4.78 is 5.10. The lowest BCUT2D eigenvalue weighted by Gasteiger charge is -2.10. The van der Waals surface area contributed by atoms with Gasteiger partial charge in [-0.3, -0.25) is 0 Å². The molecular weight excluding hydrogens is 190 g/mol. The van der Waals surface area contributed by atoms with Crippen molar-refractivity contribution in [1.82, 2.24) is 0 Å². The summed E-state index contributed by atoms with van der Waals surface area (Å²) in [6, 6.07) is 9.77. The van der Waals surface area contributed by atoms with Crippen molar-refractivity contribution >= 4 is 0 Å². The average Bonchev–Trinajstić information content (AvgIpc) is 2.29. The van der Waals surface area contributed by atoms with E-state index in [1.807, 2.05) is 24.3 Å². The van der Waals surface area contributed by atoms with Crippen LogP contribution in [0.5, 0.6) is 5.75 Å². The highest BCUT2D eigenvalue weighted by molar-refractivity contribution is 5.28. The second-order valence-electron chi connectivity index (χ2n) is 3.47. The number of aliphatic hydroxyl groups excluding tert-OH is 1. The van der Waals surface area contributed by atoms with Gasteiger partial charge in [0.25, 0.3) is 0 Å². The first-order valence-electron chi connectivity index (χ1n) is 4.91. The van der Waals surface area contributed by atoms with Crippen LogP contribution in [-0.2, 0) is 6.42 Å². The Balaban J connectivity index is 2.66. The fourth-order valence-corrected chi connectivity index (χ4v) is 1.46. The average molecular weight is 205 g/mol. The molecule has 3 nitrogen and oxygen atoms in total. The maximum Gasteiger partial charge on any atom is 0.119 e. The van der Waals surface area contributed by atoms with Gasteiger partial charge < -0.3 is 9.84 Å². The first kappa shape index (κ1) is 11.5. The third-order valence-electron chi connectivity index (χ3n) is 2.30. The summed E-state index contributed by atoms with van der Waals surface area (Å²) >= 11 is 0. The van der Waals surface area contributed by atoms with Crippen LogP contribution in [0.15, 0.2) is 24.3 Å². The summed E-state index contributed by atoms with van der Waals surface area (Å²) in [6.45, 7) is 0.0464. The Hall–Kier alpha value is -1.53. The summed E-state index contributed by atoms with van der Waals surface area (Å²) in [5.41, 5.74) is 1.09. The van der Waals surface area contributed by atoms with Crippen molar-refractivity contribution in [3.63, 3.8) is 0 Å². The molecule has 1 aromatic rings. The Labute approximate surface area is 89.9 Å². The number of hydrogen-bond acceptors (Lipinski definition) is 3. The third kappa shape index (κ3) is 3.61. The maximum atomic E-state index is 9.06. The molecule has 0 aliphatic carbocycles. The number of ether oxygens (including phenoxy) is 1. The molecule has 0 amide bonds. The van der Waals surface area contributed by atoms with E-state index in [9.17, 15) is 0 Å². The van der Waals surface area contributed by atoms with E-state index in [0.29, 0.717) is 12.8 Å². The third-order valence-corrected chi connectivity index (χ3v) is 2.30. The molecule has 0 saturated carbocycles. The molecule has 0 aliphatic rings. The lowest BCUT2D eigenvalue weighted by molar-refractivity contribution is 0.228. The van der Waals surface area contributed by atoms with E-state index in [-0.39, 0.29) is 12.5 Å². The lowest BCUT2D eigenvalue weighted by atomic mass is 9.97. The van der Waals surface area contributed by atoms with Gasteiger partial charge in [0.1, 0.15) is 5.75 Å². The molecule has 0 heterocycles. The molecule has 0 bridgehead atoms. The van der Waals surface area contributed by atoms with Gasteiger partial charge in [-0.05, 0) is 30.0 Å². The summed E-state index contributed by atoms with van der Waals surface area (Å²) in [5.74, 6) is 0.822. The molecule has 0 aliphatic heterocycles. The van der Waals surface area contributed by atoms with Gasteiger partial charge in [0.05, 0.1) is 13.2 Å². The molecule has 0 radical (unpaired) electrons. The molecule has 3 heteroatoms. The summed E-state index contributed by atoms with van der Waals surface area (Å²) in [6.07, 6.45) is 1.09. The van der Waals surface area contributed by atoms with Crippen LogP contribution in [0.3, 0.4) is 0 Å². The van der Waals surface area contributed by atoms with E-state index in [4.69, 9.17) is 15.1 Å². The van der Waals surface area contributed by atoms with E-state index in [1.165, 1.54) is 0 Å². The van der Waals surface area contributed by atoms with Crippen LogP contribution in [0.25, 0.3) is 0 Å². The maximum absolute atomic E-state index is 9.06. The molecule has 0 saturated heterocycles. The molecule has 1 atom stereocenters. The van der Waals surface area contributed by atoms with Gasteiger partial charge in [-0.25, -0.2) is 0 Å². The Morgan fingerprint density at radius 2 is 2.33 bits per heavy atom. The van der Waals surface area contributed by atoms with Crippen LogP contribution in [0, 0.1) is 17.2 Å². The Kier molecular flexibility index (Phi) is 4.65. The van der Waals surface area contributed by atoms with Crippen molar-refractivity contribution in [3.05, 3.63) is 29.8 Å². The summed E-state index contributed by atoms with van der Waals surface area (Å²) in [5, 5.41) is 17.6. The minimum atomic E-state index is 0.0158. The van der Waals surface area contributed by atoms with Gasteiger partial charge in [-0.1, -0.05) is 12.1 Å². The molecule has 15 heavy (non-hydrogen) atoms. The molecule has 0 fully saturated rings. The number of methoxy groups -OCH3 is 1. The first-order chi connectivity index (χ1) is 7.30. The van der Waals surface area contributed by atoms with E-state index in [2.05, 4.69) is 6.07 Å². The molecular formula is C12H15NO2. The van der Waals surface area contributed by atoms with Crippen LogP contribution in [0.4, 0.5) is 0 Å².